The number of carbonyl (C=O) groups is 2. The van der Waals surface area contributed by atoms with Crippen molar-refractivity contribution in [3.8, 4) is 0 Å². The lowest BCUT2D eigenvalue weighted by atomic mass is 10.1. The van der Waals surface area contributed by atoms with Crippen molar-refractivity contribution in [3.05, 3.63) is 64.3 Å². The van der Waals surface area contributed by atoms with E-state index in [9.17, 15) is 9.59 Å². The summed E-state index contributed by atoms with van der Waals surface area (Å²) in [6.45, 7) is 1.91. The molecule has 118 valence electrons. The highest BCUT2D eigenvalue weighted by Gasteiger charge is 2.41. The molecule has 0 bridgehead atoms. The fraction of sp³-hybridized carbons (Fsp3) is 0.0588. The number of thiocarbonyl (C=S) groups is 1. The quantitative estimate of drug-likeness (QED) is 0.445. The first-order chi connectivity index (χ1) is 11.6. The summed E-state index contributed by atoms with van der Waals surface area (Å²) in [4.78, 5) is 30.8. The van der Waals surface area contributed by atoms with E-state index in [0.717, 1.165) is 23.0 Å². The van der Waals surface area contributed by atoms with Crippen molar-refractivity contribution in [2.24, 2.45) is 0 Å². The molecule has 0 atom stereocenters. The molecular weight excluding hydrogens is 344 g/mol. The topological polar surface area (TPSA) is 59.5 Å². The Kier molecular flexibility index (Phi) is 3.47. The van der Waals surface area contributed by atoms with Crippen LogP contribution in [0.1, 0.15) is 21.6 Å². The van der Waals surface area contributed by atoms with Gasteiger partial charge in [-0.25, -0.2) is 4.79 Å². The molecule has 2 aliphatic rings. The van der Waals surface area contributed by atoms with Crippen LogP contribution in [0, 0.1) is 6.92 Å². The lowest BCUT2D eigenvalue weighted by molar-refractivity contribution is -0.113. The normalized spacial score (nSPS) is 19.7. The van der Waals surface area contributed by atoms with Crippen LogP contribution in [-0.4, -0.2) is 21.2 Å². The summed E-state index contributed by atoms with van der Waals surface area (Å²) in [5.74, 6) is -0.626. The first-order valence-corrected chi connectivity index (χ1v) is 8.34. The molecule has 7 heteroatoms. The van der Waals surface area contributed by atoms with Gasteiger partial charge in [-0.1, -0.05) is 30.4 Å². The van der Waals surface area contributed by atoms with Crippen LogP contribution >= 0.6 is 24.0 Å². The second-order valence-corrected chi connectivity index (χ2v) is 6.89. The van der Waals surface area contributed by atoms with Crippen molar-refractivity contribution in [3.63, 3.8) is 0 Å². The van der Waals surface area contributed by atoms with E-state index < -0.39 is 5.97 Å². The standard InChI is InChI=1S/C17H10N2O3S2/c1-9-5-2-3-7-11(9)19-15(20)14(24-17(19)23)13-12-10(16(21)22-13)6-4-8-18-12/h2-8H,1H3/b14-13+. The number of anilines is 1. The number of cyclic esters (lactones) is 1. The molecule has 4 rings (SSSR count). The fourth-order valence-electron chi connectivity index (χ4n) is 2.63. The number of benzene rings is 1. The summed E-state index contributed by atoms with van der Waals surface area (Å²) in [5.41, 5.74) is 2.39. The summed E-state index contributed by atoms with van der Waals surface area (Å²) in [7, 11) is 0. The molecule has 2 aromatic rings. The van der Waals surface area contributed by atoms with E-state index in [1.54, 1.807) is 18.3 Å². The molecular formula is C17H10N2O3S2. The molecule has 0 unspecified atom stereocenters. The van der Waals surface area contributed by atoms with Crippen LogP contribution in [0.4, 0.5) is 5.69 Å². The number of pyridine rings is 1. The Morgan fingerprint density at radius 1 is 1.17 bits per heavy atom. The first kappa shape index (κ1) is 15.0. The predicted octanol–water partition coefficient (Wildman–Crippen LogP) is 3.29. The number of esters is 1. The Morgan fingerprint density at radius 3 is 2.75 bits per heavy atom. The van der Waals surface area contributed by atoms with E-state index >= 15 is 0 Å². The van der Waals surface area contributed by atoms with Crippen LogP contribution in [0.15, 0.2) is 47.5 Å². The third-order valence-electron chi connectivity index (χ3n) is 3.77. The second-order valence-electron chi connectivity index (χ2n) is 5.24. The average Bonchev–Trinajstić information content (AvgIpc) is 3.06. The van der Waals surface area contributed by atoms with Crippen LogP contribution < -0.4 is 4.90 Å². The van der Waals surface area contributed by atoms with Crippen LogP contribution in [0.25, 0.3) is 5.76 Å². The Morgan fingerprint density at radius 2 is 1.96 bits per heavy atom. The van der Waals surface area contributed by atoms with Gasteiger partial charge in [-0.2, -0.15) is 0 Å². The molecule has 0 N–H and O–H groups in total. The fourth-order valence-corrected chi connectivity index (χ4v) is 3.92. The van der Waals surface area contributed by atoms with Gasteiger partial charge >= 0.3 is 5.97 Å². The third kappa shape index (κ3) is 2.16. The molecule has 0 aliphatic carbocycles. The number of aromatic nitrogens is 1. The molecule has 0 spiro atoms. The van der Waals surface area contributed by atoms with E-state index in [1.165, 1.54) is 4.90 Å². The van der Waals surface area contributed by atoms with Gasteiger partial charge in [0.1, 0.15) is 10.6 Å². The zero-order valence-electron chi connectivity index (χ0n) is 12.5. The van der Waals surface area contributed by atoms with Crippen molar-refractivity contribution in [2.45, 2.75) is 6.92 Å². The van der Waals surface area contributed by atoms with Crippen molar-refractivity contribution in [1.29, 1.82) is 0 Å². The van der Waals surface area contributed by atoms with E-state index in [4.69, 9.17) is 17.0 Å². The molecule has 5 nitrogen and oxygen atoms in total. The molecule has 24 heavy (non-hydrogen) atoms. The summed E-state index contributed by atoms with van der Waals surface area (Å²) < 4.78 is 5.70. The summed E-state index contributed by atoms with van der Waals surface area (Å²) in [5, 5.41) is 0. The van der Waals surface area contributed by atoms with Crippen LogP contribution in [0.2, 0.25) is 0 Å². The largest absolute Gasteiger partial charge is 0.419 e. The Labute approximate surface area is 147 Å². The molecule has 0 saturated carbocycles. The Bertz CT molecular complexity index is 952. The van der Waals surface area contributed by atoms with Crippen LogP contribution in [-0.2, 0) is 9.53 Å². The van der Waals surface area contributed by atoms with Gasteiger partial charge in [0.05, 0.1) is 11.3 Å². The van der Waals surface area contributed by atoms with E-state index in [0.29, 0.717) is 15.6 Å². The number of aryl methyl sites for hydroxylation is 1. The van der Waals surface area contributed by atoms with Gasteiger partial charge in [-0.3, -0.25) is 14.7 Å². The van der Waals surface area contributed by atoms with E-state index in [2.05, 4.69) is 4.98 Å². The minimum Gasteiger partial charge on any atom is -0.419 e. The van der Waals surface area contributed by atoms with Gasteiger partial charge in [0.2, 0.25) is 0 Å². The molecule has 3 heterocycles. The third-order valence-corrected chi connectivity index (χ3v) is 5.12. The molecule has 1 aromatic carbocycles. The maximum atomic E-state index is 12.9. The highest BCUT2D eigenvalue weighted by atomic mass is 32.2. The Hall–Kier alpha value is -2.51. The monoisotopic (exact) mass is 354 g/mol. The minimum atomic E-state index is -0.505. The van der Waals surface area contributed by atoms with Gasteiger partial charge in [-0.05, 0) is 42.4 Å². The van der Waals surface area contributed by atoms with Crippen molar-refractivity contribution >= 4 is 51.6 Å². The van der Waals surface area contributed by atoms with Gasteiger partial charge in [0, 0.05) is 6.20 Å². The maximum Gasteiger partial charge on any atom is 0.346 e. The zero-order chi connectivity index (χ0) is 16.8. The molecule has 1 aromatic heterocycles. The summed E-state index contributed by atoms with van der Waals surface area (Å²) >= 11 is 6.49. The molecule has 1 fully saturated rings. The number of rotatable bonds is 1. The predicted molar refractivity (Wildman–Crippen MR) is 95.4 cm³/mol. The number of carbonyl (C=O) groups excluding carboxylic acids is 2. The lowest BCUT2D eigenvalue weighted by Crippen LogP contribution is -2.28. The number of ether oxygens (including phenoxy) is 1. The SMILES string of the molecule is Cc1ccccc1N1C(=O)/C(=C2\OC(=O)c3cccnc32)SC1=S. The molecule has 0 radical (unpaired) electrons. The zero-order valence-corrected chi connectivity index (χ0v) is 14.1. The van der Waals surface area contributed by atoms with Gasteiger partial charge in [0.15, 0.2) is 10.1 Å². The molecule has 1 saturated heterocycles. The molecule has 2 aliphatic heterocycles. The average molecular weight is 354 g/mol. The van der Waals surface area contributed by atoms with Crippen LogP contribution in [0.5, 0.6) is 0 Å². The van der Waals surface area contributed by atoms with Crippen molar-refractivity contribution in [1.82, 2.24) is 4.98 Å². The maximum absolute atomic E-state index is 12.9. The van der Waals surface area contributed by atoms with Crippen molar-refractivity contribution in [2.75, 3.05) is 4.90 Å². The smallest absolute Gasteiger partial charge is 0.346 e. The van der Waals surface area contributed by atoms with Gasteiger partial charge in [-0.15, -0.1) is 0 Å². The summed E-state index contributed by atoms with van der Waals surface area (Å²) in [6.07, 6.45) is 1.56. The second kappa shape index (κ2) is 5.54. The highest BCUT2D eigenvalue weighted by Crippen LogP contribution is 2.42. The number of thioether (sulfide) groups is 1. The van der Waals surface area contributed by atoms with E-state index in [1.807, 2.05) is 31.2 Å². The number of nitrogens with zero attached hydrogens (tertiary/aromatic N) is 2. The first-order valence-electron chi connectivity index (χ1n) is 7.11. The summed E-state index contributed by atoms with van der Waals surface area (Å²) in [6, 6.07) is 10.8. The van der Waals surface area contributed by atoms with E-state index in [-0.39, 0.29) is 16.6 Å². The number of amides is 1. The highest BCUT2D eigenvalue weighted by molar-refractivity contribution is 8.27. The number of hydrogen-bond donors (Lipinski definition) is 0. The number of fused-ring (bicyclic) bond motifs is 1. The van der Waals surface area contributed by atoms with Crippen LogP contribution in [0.3, 0.4) is 0 Å². The minimum absolute atomic E-state index is 0.184. The Balaban J connectivity index is 1.83. The number of para-hydroxylation sites is 1. The lowest BCUT2D eigenvalue weighted by Gasteiger charge is -2.16. The van der Waals surface area contributed by atoms with Crippen molar-refractivity contribution < 1.29 is 14.3 Å². The number of hydrogen-bond acceptors (Lipinski definition) is 6. The van der Waals surface area contributed by atoms with Gasteiger partial charge in [0.25, 0.3) is 5.91 Å². The molecule has 1 amide bonds. The van der Waals surface area contributed by atoms with Gasteiger partial charge < -0.3 is 4.74 Å².